The van der Waals surface area contributed by atoms with Crippen molar-refractivity contribution < 1.29 is 13.3 Å². The Bertz CT molecular complexity index is 1180. The van der Waals surface area contributed by atoms with Gasteiger partial charge in [-0.25, -0.2) is 8.42 Å². The van der Waals surface area contributed by atoms with Crippen LogP contribution in [0, 0.1) is 10.1 Å². The Hall–Kier alpha value is -3.21. The van der Waals surface area contributed by atoms with E-state index in [1.807, 2.05) is 0 Å². The average Bonchev–Trinajstić information content (AvgIpc) is 2.70. The minimum Gasteiger partial charge on any atom is -0.332 e. The van der Waals surface area contributed by atoms with Crippen LogP contribution in [0.15, 0.2) is 77.7 Å². The first-order valence-corrected chi connectivity index (χ1v) is 10.7. The van der Waals surface area contributed by atoms with Crippen molar-refractivity contribution in [3.05, 3.63) is 87.9 Å². The number of nitrogens with zero attached hydrogens (tertiary/aromatic N) is 1. The standard InChI is InChI=1S/C19H15ClN4O4S2/c20-13-5-7-15(8-6-13)23-30(27,28)16-11-9-14(10-12-16)21-19(29)22-17-3-1-2-4-18(17)24(25)26/h1-12,23H,(H2,21,22,29). The van der Waals surface area contributed by atoms with Gasteiger partial charge < -0.3 is 10.6 Å². The van der Waals surface area contributed by atoms with Crippen molar-refractivity contribution in [2.24, 2.45) is 0 Å². The highest BCUT2D eigenvalue weighted by Crippen LogP contribution is 2.24. The molecule has 3 aromatic carbocycles. The second-order valence-electron chi connectivity index (χ2n) is 5.99. The topological polar surface area (TPSA) is 113 Å². The number of halogens is 1. The van der Waals surface area contributed by atoms with Crippen LogP contribution in [-0.2, 0) is 10.0 Å². The summed E-state index contributed by atoms with van der Waals surface area (Å²) in [6.07, 6.45) is 0. The average molecular weight is 463 g/mol. The van der Waals surface area contributed by atoms with Crippen LogP contribution in [0.2, 0.25) is 5.02 Å². The van der Waals surface area contributed by atoms with Gasteiger partial charge in [-0.1, -0.05) is 23.7 Å². The van der Waals surface area contributed by atoms with Crippen molar-refractivity contribution in [2.45, 2.75) is 4.90 Å². The Morgan fingerprint density at radius 3 is 2.13 bits per heavy atom. The molecule has 0 bridgehead atoms. The number of anilines is 3. The molecular weight excluding hydrogens is 448 g/mol. The predicted molar refractivity (Wildman–Crippen MR) is 122 cm³/mol. The fourth-order valence-electron chi connectivity index (χ4n) is 2.47. The van der Waals surface area contributed by atoms with Crippen LogP contribution in [-0.4, -0.2) is 18.5 Å². The molecule has 3 N–H and O–H groups in total. The molecule has 0 atom stereocenters. The van der Waals surface area contributed by atoms with E-state index in [1.165, 1.54) is 36.4 Å². The van der Waals surface area contributed by atoms with Gasteiger partial charge in [-0.3, -0.25) is 14.8 Å². The number of hydrogen-bond donors (Lipinski definition) is 3. The van der Waals surface area contributed by atoms with Gasteiger partial charge in [-0.2, -0.15) is 0 Å². The van der Waals surface area contributed by atoms with Crippen LogP contribution >= 0.6 is 23.8 Å². The highest BCUT2D eigenvalue weighted by molar-refractivity contribution is 7.92. The number of benzene rings is 3. The molecule has 0 fully saturated rings. The van der Waals surface area contributed by atoms with E-state index in [-0.39, 0.29) is 21.4 Å². The zero-order valence-electron chi connectivity index (χ0n) is 15.2. The maximum Gasteiger partial charge on any atom is 0.292 e. The number of rotatable bonds is 6. The summed E-state index contributed by atoms with van der Waals surface area (Å²) in [4.78, 5) is 10.6. The zero-order valence-corrected chi connectivity index (χ0v) is 17.6. The molecule has 8 nitrogen and oxygen atoms in total. The van der Waals surface area contributed by atoms with E-state index < -0.39 is 14.9 Å². The van der Waals surface area contributed by atoms with Crippen LogP contribution in [0.4, 0.5) is 22.7 Å². The summed E-state index contributed by atoms with van der Waals surface area (Å²) >= 11 is 11.0. The van der Waals surface area contributed by atoms with E-state index in [9.17, 15) is 18.5 Å². The third-order valence-corrected chi connectivity index (χ3v) is 5.72. The van der Waals surface area contributed by atoms with E-state index in [0.717, 1.165) is 0 Å². The number of hydrogen-bond acceptors (Lipinski definition) is 5. The number of sulfonamides is 1. The summed E-state index contributed by atoms with van der Waals surface area (Å²) in [6.45, 7) is 0. The van der Waals surface area contributed by atoms with Crippen molar-refractivity contribution in [3.8, 4) is 0 Å². The molecule has 0 aliphatic heterocycles. The summed E-state index contributed by atoms with van der Waals surface area (Å²) in [7, 11) is -3.78. The molecule has 0 radical (unpaired) electrons. The van der Waals surface area contributed by atoms with E-state index in [0.29, 0.717) is 16.4 Å². The molecule has 0 aromatic heterocycles. The first-order chi connectivity index (χ1) is 14.2. The third kappa shape index (κ3) is 5.44. The minimum absolute atomic E-state index is 0.0561. The highest BCUT2D eigenvalue weighted by Gasteiger charge is 2.15. The molecule has 0 saturated heterocycles. The monoisotopic (exact) mass is 462 g/mol. The van der Waals surface area contributed by atoms with Gasteiger partial charge in [0.25, 0.3) is 15.7 Å². The van der Waals surface area contributed by atoms with Crippen LogP contribution in [0.1, 0.15) is 0 Å². The lowest BCUT2D eigenvalue weighted by Gasteiger charge is -2.12. The third-order valence-electron chi connectivity index (χ3n) is 3.87. The molecule has 0 unspecified atom stereocenters. The van der Waals surface area contributed by atoms with E-state index in [2.05, 4.69) is 15.4 Å². The molecule has 30 heavy (non-hydrogen) atoms. The van der Waals surface area contributed by atoms with Crippen molar-refractivity contribution in [3.63, 3.8) is 0 Å². The van der Waals surface area contributed by atoms with Gasteiger partial charge in [0.15, 0.2) is 5.11 Å². The smallest absolute Gasteiger partial charge is 0.292 e. The lowest BCUT2D eigenvalue weighted by molar-refractivity contribution is -0.383. The summed E-state index contributed by atoms with van der Waals surface area (Å²) in [5.41, 5.74) is 1.02. The van der Waals surface area contributed by atoms with Crippen LogP contribution in [0.25, 0.3) is 0 Å². The molecule has 11 heteroatoms. The predicted octanol–water partition coefficient (Wildman–Crippen LogP) is 4.86. The van der Waals surface area contributed by atoms with Crippen LogP contribution < -0.4 is 15.4 Å². The van der Waals surface area contributed by atoms with Crippen LogP contribution in [0.3, 0.4) is 0 Å². The van der Waals surface area contributed by atoms with Gasteiger partial charge in [0.1, 0.15) is 5.69 Å². The molecule has 0 aliphatic carbocycles. The van der Waals surface area contributed by atoms with Gasteiger partial charge >= 0.3 is 0 Å². The van der Waals surface area contributed by atoms with Gasteiger partial charge in [0.2, 0.25) is 0 Å². The first kappa shape index (κ1) is 21.5. The number of thiocarbonyl (C=S) groups is 1. The number of para-hydroxylation sites is 2. The molecule has 0 spiro atoms. The largest absolute Gasteiger partial charge is 0.332 e. The first-order valence-electron chi connectivity index (χ1n) is 8.44. The summed E-state index contributed by atoms with van der Waals surface area (Å²) in [5, 5.41) is 17.3. The van der Waals surface area contributed by atoms with Crippen molar-refractivity contribution >= 4 is 61.7 Å². The lowest BCUT2D eigenvalue weighted by atomic mass is 10.3. The van der Waals surface area contributed by atoms with Gasteiger partial charge in [-0.15, -0.1) is 0 Å². The Kier molecular flexibility index (Phi) is 6.50. The van der Waals surface area contributed by atoms with E-state index >= 15 is 0 Å². The fraction of sp³-hybridized carbons (Fsp3) is 0. The molecule has 3 rings (SSSR count). The molecule has 0 amide bonds. The minimum atomic E-state index is -3.78. The van der Waals surface area contributed by atoms with E-state index in [4.69, 9.17) is 23.8 Å². The maximum absolute atomic E-state index is 12.5. The molecule has 0 aliphatic rings. The van der Waals surface area contributed by atoms with Gasteiger partial charge in [-0.05, 0) is 66.8 Å². The van der Waals surface area contributed by atoms with Crippen molar-refractivity contribution in [1.82, 2.24) is 0 Å². The molecule has 3 aromatic rings. The summed E-state index contributed by atoms with van der Waals surface area (Å²) < 4.78 is 27.5. The molecule has 0 saturated carbocycles. The summed E-state index contributed by atoms with van der Waals surface area (Å²) in [5.74, 6) is 0. The van der Waals surface area contributed by atoms with Gasteiger partial charge in [0.05, 0.1) is 9.82 Å². The molecular formula is C19H15ClN4O4S2. The van der Waals surface area contributed by atoms with Crippen molar-refractivity contribution in [1.29, 1.82) is 0 Å². The Morgan fingerprint density at radius 1 is 0.900 bits per heavy atom. The number of nitro benzene ring substituents is 1. The highest BCUT2D eigenvalue weighted by atomic mass is 35.5. The van der Waals surface area contributed by atoms with E-state index in [1.54, 1.807) is 36.4 Å². The summed E-state index contributed by atoms with van der Waals surface area (Å²) in [6, 6.07) is 18.3. The van der Waals surface area contributed by atoms with Crippen molar-refractivity contribution in [2.75, 3.05) is 15.4 Å². The SMILES string of the molecule is O=[N+]([O-])c1ccccc1NC(=S)Nc1ccc(S(=O)(=O)Nc2ccc(Cl)cc2)cc1. The van der Waals surface area contributed by atoms with Gasteiger partial charge in [0, 0.05) is 22.5 Å². The molecule has 0 heterocycles. The van der Waals surface area contributed by atoms with Crippen LogP contribution in [0.5, 0.6) is 0 Å². The second kappa shape index (κ2) is 9.08. The fourth-order valence-corrected chi connectivity index (χ4v) is 3.89. The Balaban J connectivity index is 1.67. The second-order valence-corrected chi connectivity index (χ2v) is 8.52. The number of nitrogens with one attached hydrogen (secondary N) is 3. The maximum atomic E-state index is 12.5. The number of nitro groups is 1. The normalized spacial score (nSPS) is 10.8. The Labute approximate surface area is 183 Å². The Morgan fingerprint density at radius 2 is 1.50 bits per heavy atom. The lowest BCUT2D eigenvalue weighted by Crippen LogP contribution is -2.20. The molecule has 154 valence electrons. The zero-order chi connectivity index (χ0) is 21.7. The quantitative estimate of drug-likeness (QED) is 0.272.